The predicted molar refractivity (Wildman–Crippen MR) is 73.0 cm³/mol. The molecule has 22 heavy (non-hydrogen) atoms. The number of halogens is 2. The van der Waals surface area contributed by atoms with Crippen LogP contribution in [0.15, 0.2) is 18.5 Å². The van der Waals surface area contributed by atoms with Gasteiger partial charge in [0, 0.05) is 37.3 Å². The van der Waals surface area contributed by atoms with Gasteiger partial charge in [0.2, 0.25) is 0 Å². The van der Waals surface area contributed by atoms with E-state index in [0.717, 1.165) is 12.6 Å². The molecule has 1 saturated heterocycles. The number of carbonyl (C=O) groups excluding carboxylic acids is 1. The number of pyridine rings is 1. The summed E-state index contributed by atoms with van der Waals surface area (Å²) in [4.78, 5) is 28.9. The number of alkyl halides is 2. The summed E-state index contributed by atoms with van der Waals surface area (Å²) in [7, 11) is 0. The lowest BCUT2D eigenvalue weighted by atomic mass is 9.69. The van der Waals surface area contributed by atoms with E-state index in [4.69, 9.17) is 5.11 Å². The zero-order valence-electron chi connectivity index (χ0n) is 11.9. The summed E-state index contributed by atoms with van der Waals surface area (Å²) in [6.07, 6.45) is 3.74. The summed E-state index contributed by atoms with van der Waals surface area (Å²) in [5, 5.41) is 8.97. The highest BCUT2D eigenvalue weighted by atomic mass is 19.3. The summed E-state index contributed by atoms with van der Waals surface area (Å²) in [6, 6.07) is 1.25. The number of nitrogens with zero attached hydrogens (tertiary/aromatic N) is 2. The van der Waals surface area contributed by atoms with Crippen molar-refractivity contribution < 1.29 is 23.5 Å². The number of piperidine rings is 1. The van der Waals surface area contributed by atoms with Gasteiger partial charge in [0.25, 0.3) is 11.8 Å². The summed E-state index contributed by atoms with van der Waals surface area (Å²) in [5.74, 6) is -4.32. The molecule has 3 rings (SSSR count). The van der Waals surface area contributed by atoms with E-state index < -0.39 is 23.3 Å². The molecular formula is C15H16F2N2O3. The number of aromatic nitrogens is 1. The van der Waals surface area contributed by atoms with Crippen LogP contribution in [0.4, 0.5) is 8.78 Å². The molecule has 5 nitrogen and oxygen atoms in total. The molecule has 1 saturated carbocycles. The SMILES string of the molecule is O=C(O)c1cncc(C(=O)N2CCC(F)(F)CC23CCC3)c1. The van der Waals surface area contributed by atoms with Crippen LogP contribution >= 0.6 is 0 Å². The van der Waals surface area contributed by atoms with Crippen molar-refractivity contribution in [3.8, 4) is 0 Å². The van der Waals surface area contributed by atoms with E-state index in [9.17, 15) is 18.4 Å². The van der Waals surface area contributed by atoms with Gasteiger partial charge in [0.05, 0.1) is 11.1 Å². The number of rotatable bonds is 2. The summed E-state index contributed by atoms with van der Waals surface area (Å²) in [6.45, 7) is -0.0108. The van der Waals surface area contributed by atoms with Crippen molar-refractivity contribution in [2.75, 3.05) is 6.54 Å². The number of carboxylic acid groups (broad SMARTS) is 1. The Hall–Kier alpha value is -2.05. The molecule has 0 radical (unpaired) electrons. The van der Waals surface area contributed by atoms with Gasteiger partial charge in [-0.3, -0.25) is 9.78 Å². The average molecular weight is 310 g/mol. The first kappa shape index (κ1) is 14.9. The van der Waals surface area contributed by atoms with Gasteiger partial charge in [-0.1, -0.05) is 0 Å². The molecule has 7 heteroatoms. The van der Waals surface area contributed by atoms with E-state index in [2.05, 4.69) is 4.98 Å². The van der Waals surface area contributed by atoms with Crippen molar-refractivity contribution in [2.24, 2.45) is 0 Å². The average Bonchev–Trinajstić information content (AvgIpc) is 2.44. The molecule has 0 bridgehead atoms. The Morgan fingerprint density at radius 2 is 1.86 bits per heavy atom. The highest BCUT2D eigenvalue weighted by Crippen LogP contribution is 2.49. The van der Waals surface area contributed by atoms with Crippen LogP contribution in [0.5, 0.6) is 0 Å². The van der Waals surface area contributed by atoms with E-state index in [1.807, 2.05) is 0 Å². The molecule has 0 atom stereocenters. The standard InChI is InChI=1S/C15H16F2N2O3/c16-15(17)4-5-19(14(9-15)2-1-3-14)12(20)10-6-11(13(21)22)8-18-7-10/h6-8H,1-5,9H2,(H,21,22). The summed E-state index contributed by atoms with van der Waals surface area (Å²) < 4.78 is 27.4. The van der Waals surface area contributed by atoms with Crippen LogP contribution in [0.3, 0.4) is 0 Å². The molecule has 1 aliphatic heterocycles. The van der Waals surface area contributed by atoms with E-state index in [1.165, 1.54) is 17.2 Å². The molecule has 2 aliphatic rings. The van der Waals surface area contributed by atoms with Crippen molar-refractivity contribution in [1.29, 1.82) is 0 Å². The number of hydrogen-bond donors (Lipinski definition) is 1. The lowest BCUT2D eigenvalue weighted by Gasteiger charge is -2.54. The first-order chi connectivity index (χ1) is 10.3. The summed E-state index contributed by atoms with van der Waals surface area (Å²) >= 11 is 0. The van der Waals surface area contributed by atoms with Crippen LogP contribution < -0.4 is 0 Å². The van der Waals surface area contributed by atoms with Crippen molar-refractivity contribution >= 4 is 11.9 Å². The quantitative estimate of drug-likeness (QED) is 0.911. The van der Waals surface area contributed by atoms with Gasteiger partial charge >= 0.3 is 5.97 Å². The van der Waals surface area contributed by atoms with Crippen LogP contribution in [0.2, 0.25) is 0 Å². The van der Waals surface area contributed by atoms with Crippen molar-refractivity contribution in [1.82, 2.24) is 9.88 Å². The zero-order valence-corrected chi connectivity index (χ0v) is 11.9. The number of carbonyl (C=O) groups is 2. The molecule has 2 fully saturated rings. The van der Waals surface area contributed by atoms with Crippen LogP contribution in [-0.2, 0) is 0 Å². The Kier molecular flexibility index (Phi) is 3.38. The second-order valence-electron chi connectivity index (χ2n) is 6.08. The number of aromatic carboxylic acids is 1. The maximum absolute atomic E-state index is 13.7. The van der Waals surface area contributed by atoms with Gasteiger partial charge in [-0.15, -0.1) is 0 Å². The third-order valence-electron chi connectivity index (χ3n) is 4.62. The van der Waals surface area contributed by atoms with E-state index in [-0.39, 0.29) is 30.5 Å². The van der Waals surface area contributed by atoms with E-state index in [0.29, 0.717) is 12.8 Å². The number of hydrogen-bond acceptors (Lipinski definition) is 3. The third kappa shape index (κ3) is 2.44. The molecule has 2 heterocycles. The fourth-order valence-electron chi connectivity index (χ4n) is 3.36. The predicted octanol–water partition coefficient (Wildman–Crippen LogP) is 2.57. The highest BCUT2D eigenvalue weighted by Gasteiger charge is 2.54. The highest BCUT2D eigenvalue weighted by molar-refractivity contribution is 5.97. The molecule has 118 valence electrons. The van der Waals surface area contributed by atoms with Gasteiger partial charge < -0.3 is 10.0 Å². The van der Waals surface area contributed by atoms with E-state index in [1.54, 1.807) is 0 Å². The lowest BCUT2D eigenvalue weighted by molar-refractivity contribution is -0.125. The maximum atomic E-state index is 13.7. The molecule has 1 amide bonds. The number of carboxylic acids is 1. The van der Waals surface area contributed by atoms with Gasteiger partial charge in [-0.2, -0.15) is 0 Å². The lowest BCUT2D eigenvalue weighted by Crippen LogP contribution is -2.62. The molecule has 1 aromatic heterocycles. The normalized spacial score (nSPS) is 22.2. The fraction of sp³-hybridized carbons (Fsp3) is 0.533. The van der Waals surface area contributed by atoms with Crippen LogP contribution in [0, 0.1) is 0 Å². The van der Waals surface area contributed by atoms with Gasteiger partial charge in [-0.05, 0) is 25.3 Å². The fourth-order valence-corrected chi connectivity index (χ4v) is 3.36. The second kappa shape index (κ2) is 5.00. The third-order valence-corrected chi connectivity index (χ3v) is 4.62. The van der Waals surface area contributed by atoms with Crippen molar-refractivity contribution in [3.63, 3.8) is 0 Å². The second-order valence-corrected chi connectivity index (χ2v) is 6.08. The zero-order chi connectivity index (χ0) is 16.0. The molecule has 1 spiro atoms. The Labute approximate surface area is 125 Å². The largest absolute Gasteiger partial charge is 0.478 e. The van der Waals surface area contributed by atoms with Crippen molar-refractivity contribution in [2.45, 2.75) is 43.6 Å². The molecular weight excluding hydrogens is 294 g/mol. The topological polar surface area (TPSA) is 70.5 Å². The van der Waals surface area contributed by atoms with Gasteiger partial charge in [-0.25, -0.2) is 13.6 Å². The van der Waals surface area contributed by atoms with Crippen LogP contribution in [0.1, 0.15) is 52.8 Å². The Morgan fingerprint density at radius 1 is 1.18 bits per heavy atom. The number of amides is 1. The van der Waals surface area contributed by atoms with Crippen molar-refractivity contribution in [3.05, 3.63) is 29.6 Å². The molecule has 1 aliphatic carbocycles. The smallest absolute Gasteiger partial charge is 0.337 e. The van der Waals surface area contributed by atoms with Crippen LogP contribution in [0.25, 0.3) is 0 Å². The Bertz CT molecular complexity index is 629. The first-order valence-corrected chi connectivity index (χ1v) is 7.21. The minimum absolute atomic E-state index is 0.0108. The molecule has 1 aromatic rings. The molecule has 0 unspecified atom stereocenters. The minimum Gasteiger partial charge on any atom is -0.478 e. The number of likely N-dealkylation sites (tertiary alicyclic amines) is 1. The van der Waals surface area contributed by atoms with Crippen LogP contribution in [-0.4, -0.2) is 44.9 Å². The molecule has 1 N–H and O–H groups in total. The minimum atomic E-state index is -2.74. The van der Waals surface area contributed by atoms with Gasteiger partial charge in [0.1, 0.15) is 0 Å². The Morgan fingerprint density at radius 3 is 2.45 bits per heavy atom. The first-order valence-electron chi connectivity index (χ1n) is 7.21. The monoisotopic (exact) mass is 310 g/mol. The van der Waals surface area contributed by atoms with Gasteiger partial charge in [0.15, 0.2) is 0 Å². The molecule has 0 aromatic carbocycles. The van der Waals surface area contributed by atoms with E-state index >= 15 is 0 Å². The Balaban J connectivity index is 1.88. The summed E-state index contributed by atoms with van der Waals surface area (Å²) in [5.41, 5.74) is -0.731. The maximum Gasteiger partial charge on any atom is 0.337 e.